The average Bonchev–Trinajstić information content (AvgIpc) is 2.66. The zero-order chi connectivity index (χ0) is 18.5. The van der Waals surface area contributed by atoms with Gasteiger partial charge in [-0.25, -0.2) is 0 Å². The maximum atomic E-state index is 10.3. The second-order valence-electron chi connectivity index (χ2n) is 6.79. The lowest BCUT2D eigenvalue weighted by Crippen LogP contribution is -2.44. The first-order chi connectivity index (χ1) is 12.6. The van der Waals surface area contributed by atoms with Gasteiger partial charge in [0.05, 0.1) is 25.5 Å². The SMILES string of the molecule is COc1cc2c(cc1OCCCN1CCN(C)CC1)N=CC(C#N)C2O. The van der Waals surface area contributed by atoms with Crippen LogP contribution < -0.4 is 9.47 Å². The molecule has 2 heterocycles. The Bertz CT molecular complexity index is 693. The second-order valence-corrected chi connectivity index (χ2v) is 6.79. The van der Waals surface area contributed by atoms with Crippen LogP contribution in [0, 0.1) is 17.2 Å². The quantitative estimate of drug-likeness (QED) is 0.778. The Morgan fingerprint density at radius 2 is 2.04 bits per heavy atom. The van der Waals surface area contributed by atoms with Crippen LogP contribution in [-0.2, 0) is 0 Å². The lowest BCUT2D eigenvalue weighted by atomic mass is 9.93. The summed E-state index contributed by atoms with van der Waals surface area (Å²) in [7, 11) is 3.72. The van der Waals surface area contributed by atoms with Crippen molar-refractivity contribution < 1.29 is 14.6 Å². The third-order valence-electron chi connectivity index (χ3n) is 4.97. The van der Waals surface area contributed by atoms with E-state index in [1.165, 1.54) is 6.21 Å². The van der Waals surface area contributed by atoms with Gasteiger partial charge in [0.15, 0.2) is 11.5 Å². The van der Waals surface area contributed by atoms with Gasteiger partial charge in [-0.05, 0) is 19.5 Å². The van der Waals surface area contributed by atoms with E-state index in [0.29, 0.717) is 29.4 Å². The molecule has 1 aromatic rings. The Balaban J connectivity index is 1.59. The molecule has 7 nitrogen and oxygen atoms in total. The van der Waals surface area contributed by atoms with Gasteiger partial charge in [0.1, 0.15) is 12.0 Å². The standard InChI is InChI=1S/C19H26N4O3/c1-22-5-7-23(8-6-22)4-3-9-26-18-11-16-15(10-17(18)25-2)19(24)14(12-20)13-21-16/h10-11,13-14,19,24H,3-9H2,1-2H3. The van der Waals surface area contributed by atoms with Crippen LogP contribution in [0.3, 0.4) is 0 Å². The summed E-state index contributed by atoms with van der Waals surface area (Å²) in [5, 5.41) is 19.4. The Morgan fingerprint density at radius 3 is 2.73 bits per heavy atom. The summed E-state index contributed by atoms with van der Waals surface area (Å²) in [5.74, 6) is 0.531. The number of rotatable bonds is 6. The third-order valence-corrected chi connectivity index (χ3v) is 4.97. The molecule has 0 spiro atoms. The van der Waals surface area contributed by atoms with Crippen molar-refractivity contribution in [3.63, 3.8) is 0 Å². The summed E-state index contributed by atoms with van der Waals surface area (Å²) < 4.78 is 11.3. The van der Waals surface area contributed by atoms with Gasteiger partial charge < -0.3 is 24.4 Å². The van der Waals surface area contributed by atoms with Crippen LogP contribution in [0.4, 0.5) is 5.69 Å². The van der Waals surface area contributed by atoms with Gasteiger partial charge >= 0.3 is 0 Å². The van der Waals surface area contributed by atoms with E-state index >= 15 is 0 Å². The third kappa shape index (κ3) is 4.15. The molecule has 0 aliphatic carbocycles. The first-order valence-electron chi connectivity index (χ1n) is 9.00. The van der Waals surface area contributed by atoms with Crippen LogP contribution in [0.5, 0.6) is 11.5 Å². The smallest absolute Gasteiger partial charge is 0.163 e. The van der Waals surface area contributed by atoms with E-state index in [2.05, 4.69) is 21.8 Å². The zero-order valence-electron chi connectivity index (χ0n) is 15.4. The molecule has 140 valence electrons. The molecule has 1 fully saturated rings. The first kappa shape index (κ1) is 18.6. The number of fused-ring (bicyclic) bond motifs is 1. The number of hydrogen-bond donors (Lipinski definition) is 1. The fourth-order valence-corrected chi connectivity index (χ4v) is 3.27. The minimum Gasteiger partial charge on any atom is -0.493 e. The molecule has 2 atom stereocenters. The molecule has 0 amide bonds. The van der Waals surface area contributed by atoms with Gasteiger partial charge in [0.2, 0.25) is 0 Å². The van der Waals surface area contributed by atoms with Gasteiger partial charge in [-0.2, -0.15) is 5.26 Å². The number of benzene rings is 1. The minimum atomic E-state index is -0.896. The fourth-order valence-electron chi connectivity index (χ4n) is 3.27. The molecule has 0 radical (unpaired) electrons. The molecule has 1 saturated heterocycles. The van der Waals surface area contributed by atoms with Gasteiger partial charge in [-0.15, -0.1) is 0 Å². The molecule has 1 N–H and O–H groups in total. The van der Waals surface area contributed by atoms with E-state index in [1.807, 2.05) is 6.07 Å². The zero-order valence-corrected chi connectivity index (χ0v) is 15.4. The van der Waals surface area contributed by atoms with Crippen LogP contribution in [0.15, 0.2) is 17.1 Å². The van der Waals surface area contributed by atoms with E-state index in [1.54, 1.807) is 19.2 Å². The molecule has 2 aliphatic heterocycles. The van der Waals surface area contributed by atoms with Crippen LogP contribution >= 0.6 is 0 Å². The lowest BCUT2D eigenvalue weighted by molar-refractivity contribution is 0.145. The second kappa shape index (κ2) is 8.49. The number of nitrogens with zero attached hydrogens (tertiary/aromatic N) is 4. The maximum Gasteiger partial charge on any atom is 0.163 e. The predicted molar refractivity (Wildman–Crippen MR) is 99.3 cm³/mol. The van der Waals surface area contributed by atoms with Crippen LogP contribution in [0.1, 0.15) is 18.1 Å². The molecule has 7 heteroatoms. The summed E-state index contributed by atoms with van der Waals surface area (Å²) in [6.45, 7) is 6.04. The van der Waals surface area contributed by atoms with E-state index in [9.17, 15) is 5.11 Å². The molecule has 2 aliphatic rings. The van der Waals surface area contributed by atoms with Crippen molar-refractivity contribution in [2.24, 2.45) is 10.9 Å². The van der Waals surface area contributed by atoms with Gasteiger partial charge in [0, 0.05) is 50.6 Å². The highest BCUT2D eigenvalue weighted by atomic mass is 16.5. The molecule has 0 bridgehead atoms. The summed E-state index contributed by atoms with van der Waals surface area (Å²) in [5.41, 5.74) is 1.22. The Hall–Kier alpha value is -2.14. The number of aliphatic imine (C=N–C) groups is 1. The summed E-state index contributed by atoms with van der Waals surface area (Å²) in [6.07, 6.45) is 1.52. The summed E-state index contributed by atoms with van der Waals surface area (Å²) in [6, 6.07) is 5.54. The summed E-state index contributed by atoms with van der Waals surface area (Å²) in [4.78, 5) is 9.08. The molecule has 0 saturated carbocycles. The Kier molecular flexibility index (Phi) is 6.09. The number of aliphatic hydroxyl groups is 1. The van der Waals surface area contributed by atoms with Crippen molar-refractivity contribution in [2.45, 2.75) is 12.5 Å². The van der Waals surface area contributed by atoms with Gasteiger partial charge in [-0.1, -0.05) is 0 Å². The van der Waals surface area contributed by atoms with E-state index in [4.69, 9.17) is 14.7 Å². The molecule has 26 heavy (non-hydrogen) atoms. The fraction of sp³-hybridized carbons (Fsp3) is 0.579. The highest BCUT2D eigenvalue weighted by Gasteiger charge is 2.27. The molecular formula is C19H26N4O3. The van der Waals surface area contributed by atoms with Crippen LogP contribution in [0.2, 0.25) is 0 Å². The van der Waals surface area contributed by atoms with E-state index in [-0.39, 0.29) is 0 Å². The topological polar surface area (TPSA) is 81.3 Å². The number of aliphatic hydroxyl groups excluding tert-OH is 1. The highest BCUT2D eigenvalue weighted by Crippen LogP contribution is 2.41. The molecule has 3 rings (SSSR count). The lowest BCUT2D eigenvalue weighted by Gasteiger charge is -2.32. The van der Waals surface area contributed by atoms with Crippen molar-refractivity contribution >= 4 is 11.9 Å². The summed E-state index contributed by atoms with van der Waals surface area (Å²) >= 11 is 0. The molecule has 1 aromatic carbocycles. The monoisotopic (exact) mass is 358 g/mol. The van der Waals surface area contributed by atoms with Crippen molar-refractivity contribution in [3.05, 3.63) is 17.7 Å². The van der Waals surface area contributed by atoms with Gasteiger partial charge in [-0.3, -0.25) is 4.99 Å². The number of methoxy groups -OCH3 is 1. The highest BCUT2D eigenvalue weighted by molar-refractivity contribution is 5.76. The number of hydrogen-bond acceptors (Lipinski definition) is 7. The van der Waals surface area contributed by atoms with Crippen molar-refractivity contribution in [1.82, 2.24) is 9.80 Å². The van der Waals surface area contributed by atoms with Crippen molar-refractivity contribution in [1.29, 1.82) is 5.26 Å². The Morgan fingerprint density at radius 1 is 1.27 bits per heavy atom. The average molecular weight is 358 g/mol. The largest absolute Gasteiger partial charge is 0.493 e. The number of piperazine rings is 1. The normalized spacial score (nSPS) is 23.3. The van der Waals surface area contributed by atoms with E-state index < -0.39 is 12.0 Å². The predicted octanol–water partition coefficient (Wildman–Crippen LogP) is 1.60. The van der Waals surface area contributed by atoms with Crippen LogP contribution in [0.25, 0.3) is 0 Å². The molecule has 0 aromatic heterocycles. The number of likely N-dealkylation sites (N-methyl/N-ethyl adjacent to an activating group) is 1. The van der Waals surface area contributed by atoms with Gasteiger partial charge in [0.25, 0.3) is 0 Å². The molecule has 2 unspecified atom stereocenters. The number of nitriles is 1. The van der Waals surface area contributed by atoms with Crippen molar-refractivity contribution in [2.75, 3.05) is 53.5 Å². The first-order valence-corrected chi connectivity index (χ1v) is 9.00. The van der Waals surface area contributed by atoms with Crippen LogP contribution in [-0.4, -0.2) is 74.6 Å². The molecular weight excluding hydrogens is 332 g/mol. The van der Waals surface area contributed by atoms with E-state index in [0.717, 1.165) is 39.1 Å². The maximum absolute atomic E-state index is 10.3. The number of ether oxygens (including phenoxy) is 2. The Labute approximate surface area is 154 Å². The minimum absolute atomic E-state index is 0.552. The van der Waals surface area contributed by atoms with Crippen molar-refractivity contribution in [3.8, 4) is 17.6 Å².